The monoisotopic (exact) mass is 209 g/mol. The van der Waals surface area contributed by atoms with Crippen LogP contribution in [0, 0.1) is 12.9 Å². The summed E-state index contributed by atoms with van der Waals surface area (Å²) in [7, 11) is 1.61. The number of methoxy groups -OCH3 is 1. The first-order valence-corrected chi connectivity index (χ1v) is 4.67. The first kappa shape index (κ1) is 10.0. The zero-order chi connectivity index (χ0) is 11.0. The molecule has 0 aliphatic heterocycles. The fourth-order valence-corrected chi connectivity index (χ4v) is 1.61. The second-order valence-electron chi connectivity index (χ2n) is 3.44. The fraction of sp³-hybridized carbons (Fsp3) is 0.400. The molecule has 5 heteroatoms. The molecule has 0 radical (unpaired) electrons. The van der Waals surface area contributed by atoms with Crippen molar-refractivity contribution in [3.63, 3.8) is 0 Å². The average Bonchev–Trinajstić information content (AvgIpc) is 2.57. The Morgan fingerprint density at radius 2 is 2.27 bits per heavy atom. The molecule has 4 nitrogen and oxygen atoms in total. The normalized spacial score (nSPS) is 13.3. The van der Waals surface area contributed by atoms with Crippen LogP contribution in [-0.2, 0) is 4.74 Å². The Balaban J connectivity index is 2.73. The Morgan fingerprint density at radius 1 is 1.53 bits per heavy atom. The van der Waals surface area contributed by atoms with E-state index in [0.29, 0.717) is 5.65 Å². The number of halogens is 1. The van der Waals surface area contributed by atoms with Crippen molar-refractivity contribution >= 4 is 5.65 Å². The van der Waals surface area contributed by atoms with E-state index in [1.807, 2.05) is 13.8 Å². The number of aryl methyl sites for hydroxylation is 1. The van der Waals surface area contributed by atoms with Gasteiger partial charge >= 0.3 is 0 Å². The quantitative estimate of drug-likeness (QED) is 0.758. The number of hydrogen-bond acceptors (Lipinski definition) is 3. The van der Waals surface area contributed by atoms with Gasteiger partial charge in [0.05, 0.1) is 11.8 Å². The van der Waals surface area contributed by atoms with Crippen molar-refractivity contribution < 1.29 is 9.13 Å². The average molecular weight is 209 g/mol. The van der Waals surface area contributed by atoms with Gasteiger partial charge in [-0.3, -0.25) is 0 Å². The molecule has 0 N–H and O–H groups in total. The van der Waals surface area contributed by atoms with Crippen LogP contribution in [0.25, 0.3) is 5.65 Å². The lowest BCUT2D eigenvalue weighted by Gasteiger charge is -2.13. The molecule has 0 bridgehead atoms. The van der Waals surface area contributed by atoms with Gasteiger partial charge in [0.2, 0.25) is 5.95 Å². The predicted molar refractivity (Wildman–Crippen MR) is 53.1 cm³/mol. The molecule has 15 heavy (non-hydrogen) atoms. The summed E-state index contributed by atoms with van der Waals surface area (Å²) in [5.74, 6) is -0.530. The molecule has 0 saturated heterocycles. The summed E-state index contributed by atoms with van der Waals surface area (Å²) in [5, 5.41) is 3.75. The minimum atomic E-state index is -0.530. The van der Waals surface area contributed by atoms with Gasteiger partial charge < -0.3 is 4.74 Å². The first-order valence-electron chi connectivity index (χ1n) is 4.67. The minimum absolute atomic E-state index is 0.144. The van der Waals surface area contributed by atoms with Crippen molar-refractivity contribution in [1.82, 2.24) is 14.6 Å². The van der Waals surface area contributed by atoms with Gasteiger partial charge in [-0.1, -0.05) is 0 Å². The van der Waals surface area contributed by atoms with E-state index in [1.54, 1.807) is 13.3 Å². The van der Waals surface area contributed by atoms with Crippen LogP contribution in [-0.4, -0.2) is 21.7 Å². The first-order chi connectivity index (χ1) is 7.13. The molecule has 2 aromatic heterocycles. The highest BCUT2D eigenvalue weighted by Crippen LogP contribution is 2.20. The Morgan fingerprint density at radius 3 is 2.93 bits per heavy atom. The largest absolute Gasteiger partial charge is 0.375 e. The summed E-state index contributed by atoms with van der Waals surface area (Å²) in [6, 6.07) is 1.30. The highest BCUT2D eigenvalue weighted by Gasteiger charge is 2.14. The summed E-state index contributed by atoms with van der Waals surface area (Å²) in [6.45, 7) is 3.79. The third-order valence-corrected chi connectivity index (χ3v) is 2.42. The molecule has 0 aromatic carbocycles. The molecule has 0 aliphatic carbocycles. The minimum Gasteiger partial charge on any atom is -0.375 e. The van der Waals surface area contributed by atoms with E-state index in [9.17, 15) is 4.39 Å². The third kappa shape index (κ3) is 1.59. The van der Waals surface area contributed by atoms with Crippen LogP contribution >= 0.6 is 0 Å². The smallest absolute Gasteiger partial charge is 0.235 e. The molecule has 80 valence electrons. The highest BCUT2D eigenvalue weighted by molar-refractivity contribution is 5.40. The number of aromatic nitrogens is 3. The molecule has 1 atom stereocenters. The van der Waals surface area contributed by atoms with Crippen LogP contribution in [0.2, 0.25) is 0 Å². The summed E-state index contributed by atoms with van der Waals surface area (Å²) >= 11 is 0. The fourth-order valence-electron chi connectivity index (χ4n) is 1.61. The number of hydrogen-bond donors (Lipinski definition) is 0. The van der Waals surface area contributed by atoms with E-state index < -0.39 is 5.95 Å². The molecule has 0 amide bonds. The maximum absolute atomic E-state index is 13.0. The lowest BCUT2D eigenvalue weighted by atomic mass is 10.2. The van der Waals surface area contributed by atoms with Gasteiger partial charge in [0.1, 0.15) is 0 Å². The Labute approximate surface area is 86.7 Å². The van der Waals surface area contributed by atoms with Gasteiger partial charge in [0, 0.05) is 19.4 Å². The van der Waals surface area contributed by atoms with E-state index >= 15 is 0 Å². The summed E-state index contributed by atoms with van der Waals surface area (Å²) < 4.78 is 19.7. The molecule has 0 unspecified atom stereocenters. The summed E-state index contributed by atoms with van der Waals surface area (Å²) in [4.78, 5) is 4.08. The van der Waals surface area contributed by atoms with Gasteiger partial charge in [-0.25, -0.2) is 9.50 Å². The van der Waals surface area contributed by atoms with Crippen molar-refractivity contribution in [3.05, 3.63) is 29.5 Å². The van der Waals surface area contributed by atoms with E-state index in [1.165, 1.54) is 10.6 Å². The van der Waals surface area contributed by atoms with Gasteiger partial charge in [0.25, 0.3) is 0 Å². The summed E-state index contributed by atoms with van der Waals surface area (Å²) in [5.41, 5.74) is 2.25. The van der Waals surface area contributed by atoms with Crippen molar-refractivity contribution in [2.45, 2.75) is 20.0 Å². The van der Waals surface area contributed by atoms with Crippen LogP contribution in [0.1, 0.15) is 24.3 Å². The molecule has 0 aliphatic rings. The van der Waals surface area contributed by atoms with E-state index in [0.717, 1.165) is 11.3 Å². The molecule has 0 saturated carbocycles. The number of rotatable bonds is 2. The van der Waals surface area contributed by atoms with Crippen LogP contribution in [0.3, 0.4) is 0 Å². The summed E-state index contributed by atoms with van der Waals surface area (Å²) in [6.07, 6.45) is 1.55. The lowest BCUT2D eigenvalue weighted by molar-refractivity contribution is 0.113. The molecule has 0 spiro atoms. The van der Waals surface area contributed by atoms with E-state index in [4.69, 9.17) is 4.74 Å². The van der Waals surface area contributed by atoms with E-state index in [2.05, 4.69) is 10.1 Å². The van der Waals surface area contributed by atoms with Crippen LogP contribution in [0.15, 0.2) is 12.3 Å². The van der Waals surface area contributed by atoms with Crippen molar-refractivity contribution in [2.24, 2.45) is 0 Å². The number of fused-ring (bicyclic) bond motifs is 1. The van der Waals surface area contributed by atoms with Crippen LogP contribution in [0.5, 0.6) is 0 Å². The van der Waals surface area contributed by atoms with Crippen molar-refractivity contribution in [2.75, 3.05) is 7.11 Å². The second-order valence-corrected chi connectivity index (χ2v) is 3.44. The maximum atomic E-state index is 13.0. The number of nitrogens with zero attached hydrogens (tertiary/aromatic N) is 3. The van der Waals surface area contributed by atoms with Crippen LogP contribution in [0.4, 0.5) is 4.39 Å². The molecule has 2 heterocycles. The third-order valence-electron chi connectivity index (χ3n) is 2.42. The van der Waals surface area contributed by atoms with Crippen molar-refractivity contribution in [3.8, 4) is 0 Å². The van der Waals surface area contributed by atoms with E-state index in [-0.39, 0.29) is 6.10 Å². The topological polar surface area (TPSA) is 39.4 Å². The maximum Gasteiger partial charge on any atom is 0.235 e. The molecular weight excluding hydrogens is 197 g/mol. The van der Waals surface area contributed by atoms with Crippen molar-refractivity contribution in [1.29, 1.82) is 0 Å². The van der Waals surface area contributed by atoms with Gasteiger partial charge in [-0.05, 0) is 19.4 Å². The van der Waals surface area contributed by atoms with Crippen LogP contribution < -0.4 is 0 Å². The van der Waals surface area contributed by atoms with Gasteiger partial charge in [-0.2, -0.15) is 4.39 Å². The molecule has 2 aromatic rings. The van der Waals surface area contributed by atoms with Gasteiger partial charge in [0.15, 0.2) is 5.65 Å². The Bertz CT molecular complexity index is 495. The lowest BCUT2D eigenvalue weighted by Crippen LogP contribution is -2.08. The molecule has 0 fully saturated rings. The molecular formula is C10H12FN3O. The predicted octanol–water partition coefficient (Wildman–Crippen LogP) is 1.88. The zero-order valence-electron chi connectivity index (χ0n) is 8.86. The zero-order valence-corrected chi connectivity index (χ0v) is 8.86. The standard InChI is InChI=1S/C10H12FN3O/c1-6-5-12-9-4-8(11)13-14(9)10(6)7(2)15-3/h4-5,7H,1-3H3/t7-/m0/s1. The molecule has 2 rings (SSSR count). The second kappa shape index (κ2) is 3.58. The Kier molecular flexibility index (Phi) is 2.40. The highest BCUT2D eigenvalue weighted by atomic mass is 19.1. The Hall–Kier alpha value is -1.49. The SMILES string of the molecule is CO[C@@H](C)c1c(C)cnc2cc(F)nn12. The number of ether oxygens (including phenoxy) is 1. The van der Waals surface area contributed by atoms with Gasteiger partial charge in [-0.15, -0.1) is 5.10 Å².